The van der Waals surface area contributed by atoms with Crippen LogP contribution in [0.5, 0.6) is 0 Å². The molecule has 1 unspecified atom stereocenters. The van der Waals surface area contributed by atoms with E-state index in [1.165, 1.54) is 7.11 Å². The molecule has 110 valence electrons. The lowest BCUT2D eigenvalue weighted by atomic mass is 9.93. The average molecular weight is 279 g/mol. The summed E-state index contributed by atoms with van der Waals surface area (Å²) in [5.74, 6) is 0.588. The Hall–Kier alpha value is -1.82. The summed E-state index contributed by atoms with van der Waals surface area (Å²) in [6, 6.07) is 3.45. The summed E-state index contributed by atoms with van der Waals surface area (Å²) in [6.07, 6.45) is 2.04. The summed E-state index contributed by atoms with van der Waals surface area (Å²) in [5.41, 5.74) is 6.68. The maximum absolute atomic E-state index is 11.5. The monoisotopic (exact) mass is 279 g/mol. The van der Waals surface area contributed by atoms with Gasteiger partial charge in [0.15, 0.2) is 5.69 Å². The molecule has 1 atom stereocenters. The normalized spacial score (nSPS) is 17.5. The number of hydrogen-bond donors (Lipinski definition) is 2. The van der Waals surface area contributed by atoms with Gasteiger partial charge in [0.25, 0.3) is 0 Å². The molecule has 0 spiro atoms. The molecule has 1 aromatic rings. The summed E-state index contributed by atoms with van der Waals surface area (Å²) >= 11 is 0. The molecule has 3 N–H and O–H groups in total. The van der Waals surface area contributed by atoms with Gasteiger partial charge in [0.1, 0.15) is 5.82 Å². The van der Waals surface area contributed by atoms with E-state index in [1.807, 2.05) is 0 Å². The number of nitrogen functional groups attached to an aromatic ring is 1. The van der Waals surface area contributed by atoms with E-state index in [-0.39, 0.29) is 11.7 Å². The van der Waals surface area contributed by atoms with E-state index in [0.29, 0.717) is 17.4 Å². The van der Waals surface area contributed by atoms with Gasteiger partial charge in [0.05, 0.1) is 12.8 Å². The molecule has 0 aromatic carbocycles. The first-order chi connectivity index (χ1) is 9.61. The molecule has 6 heteroatoms. The molecular formula is C14H21N3O3. The standard InChI is InChI=1S/C14H21N3O3/c1-9(10-5-7-20-8-6-10)16-13-11(15)3-4-12(17-13)14(18)19-2/h3-4,9-10H,5-8,15H2,1-2H3,(H,16,17). The number of nitrogens with one attached hydrogen (secondary N) is 1. The largest absolute Gasteiger partial charge is 0.464 e. The number of carbonyl (C=O) groups is 1. The van der Waals surface area contributed by atoms with E-state index in [9.17, 15) is 4.79 Å². The van der Waals surface area contributed by atoms with Gasteiger partial charge in [-0.3, -0.25) is 0 Å². The minimum absolute atomic E-state index is 0.224. The minimum atomic E-state index is -0.466. The highest BCUT2D eigenvalue weighted by atomic mass is 16.5. The van der Waals surface area contributed by atoms with Gasteiger partial charge in [-0.25, -0.2) is 9.78 Å². The highest BCUT2D eigenvalue weighted by Gasteiger charge is 2.21. The lowest BCUT2D eigenvalue weighted by molar-refractivity contribution is 0.0594. The quantitative estimate of drug-likeness (QED) is 0.815. The number of rotatable bonds is 4. The Labute approximate surface area is 118 Å². The third-order valence-corrected chi connectivity index (χ3v) is 3.66. The van der Waals surface area contributed by atoms with Crippen LogP contribution in [0.1, 0.15) is 30.3 Å². The first-order valence-electron chi connectivity index (χ1n) is 6.81. The SMILES string of the molecule is COC(=O)c1ccc(N)c(NC(C)C2CCOCC2)n1. The molecule has 1 fully saturated rings. The van der Waals surface area contributed by atoms with Crippen molar-refractivity contribution in [3.05, 3.63) is 17.8 Å². The van der Waals surface area contributed by atoms with Gasteiger partial charge in [-0.15, -0.1) is 0 Å². The number of ether oxygens (including phenoxy) is 2. The molecule has 0 aliphatic carbocycles. The van der Waals surface area contributed by atoms with Crippen LogP contribution in [-0.2, 0) is 9.47 Å². The second kappa shape index (κ2) is 6.56. The summed E-state index contributed by atoms with van der Waals surface area (Å²) in [6.45, 7) is 3.69. The molecule has 1 aromatic heterocycles. The zero-order valence-corrected chi connectivity index (χ0v) is 11.9. The van der Waals surface area contributed by atoms with Crippen molar-refractivity contribution in [2.45, 2.75) is 25.8 Å². The summed E-state index contributed by atoms with van der Waals surface area (Å²) in [7, 11) is 1.33. The Morgan fingerprint density at radius 3 is 2.85 bits per heavy atom. The van der Waals surface area contributed by atoms with Gasteiger partial charge in [0.2, 0.25) is 0 Å². The van der Waals surface area contributed by atoms with Gasteiger partial charge in [-0.2, -0.15) is 0 Å². The van der Waals surface area contributed by atoms with Crippen molar-refractivity contribution < 1.29 is 14.3 Å². The smallest absolute Gasteiger partial charge is 0.356 e. The molecule has 1 aliphatic heterocycles. The lowest BCUT2D eigenvalue weighted by Gasteiger charge is -2.29. The van der Waals surface area contributed by atoms with E-state index in [1.54, 1.807) is 12.1 Å². The van der Waals surface area contributed by atoms with Gasteiger partial charge in [-0.1, -0.05) is 0 Å². The van der Waals surface area contributed by atoms with Gasteiger partial charge >= 0.3 is 5.97 Å². The fourth-order valence-electron chi connectivity index (χ4n) is 2.35. The van der Waals surface area contributed by atoms with Crippen LogP contribution >= 0.6 is 0 Å². The maximum Gasteiger partial charge on any atom is 0.356 e. The molecular weight excluding hydrogens is 258 g/mol. The van der Waals surface area contributed by atoms with Crippen molar-refractivity contribution in [2.24, 2.45) is 5.92 Å². The molecule has 0 radical (unpaired) electrons. The highest BCUT2D eigenvalue weighted by molar-refractivity contribution is 5.88. The molecule has 2 rings (SSSR count). The van der Waals surface area contributed by atoms with Crippen LogP contribution in [0.15, 0.2) is 12.1 Å². The third kappa shape index (κ3) is 3.39. The predicted octanol–water partition coefficient (Wildman–Crippen LogP) is 1.68. The number of nitrogens with zero attached hydrogens (tertiary/aromatic N) is 1. The van der Waals surface area contributed by atoms with E-state index < -0.39 is 5.97 Å². The number of anilines is 2. The second-order valence-electron chi connectivity index (χ2n) is 5.01. The molecule has 0 bridgehead atoms. The summed E-state index contributed by atoms with van der Waals surface area (Å²) in [4.78, 5) is 15.7. The van der Waals surface area contributed by atoms with Crippen molar-refractivity contribution in [1.29, 1.82) is 0 Å². The fraction of sp³-hybridized carbons (Fsp3) is 0.571. The number of nitrogens with two attached hydrogens (primary N) is 1. The van der Waals surface area contributed by atoms with E-state index in [2.05, 4.69) is 22.0 Å². The van der Waals surface area contributed by atoms with Crippen LogP contribution in [0.4, 0.5) is 11.5 Å². The third-order valence-electron chi connectivity index (χ3n) is 3.66. The van der Waals surface area contributed by atoms with E-state index in [4.69, 9.17) is 10.5 Å². The number of esters is 1. The molecule has 0 amide bonds. The molecule has 0 saturated carbocycles. The van der Waals surface area contributed by atoms with E-state index in [0.717, 1.165) is 26.1 Å². The average Bonchev–Trinajstić information content (AvgIpc) is 2.49. The number of pyridine rings is 1. The van der Waals surface area contributed by atoms with E-state index >= 15 is 0 Å². The topological polar surface area (TPSA) is 86.5 Å². The zero-order valence-electron chi connectivity index (χ0n) is 11.9. The molecule has 1 saturated heterocycles. The Bertz CT molecular complexity index is 473. The highest BCUT2D eigenvalue weighted by Crippen LogP contribution is 2.24. The van der Waals surface area contributed by atoms with Crippen LogP contribution in [-0.4, -0.2) is 37.3 Å². The number of hydrogen-bond acceptors (Lipinski definition) is 6. The minimum Gasteiger partial charge on any atom is -0.464 e. The summed E-state index contributed by atoms with van der Waals surface area (Å²) < 4.78 is 10.0. The van der Waals surface area contributed by atoms with Crippen LogP contribution in [0, 0.1) is 5.92 Å². The number of carbonyl (C=O) groups excluding carboxylic acids is 1. The van der Waals surface area contributed by atoms with Crippen molar-refractivity contribution in [2.75, 3.05) is 31.4 Å². The molecule has 20 heavy (non-hydrogen) atoms. The van der Waals surface area contributed by atoms with Gasteiger partial charge in [-0.05, 0) is 37.8 Å². The Kier molecular flexibility index (Phi) is 4.79. The van der Waals surface area contributed by atoms with Crippen LogP contribution < -0.4 is 11.1 Å². The van der Waals surface area contributed by atoms with Crippen LogP contribution in [0.2, 0.25) is 0 Å². The number of methoxy groups -OCH3 is 1. The van der Waals surface area contributed by atoms with Gasteiger partial charge < -0.3 is 20.5 Å². The molecule has 2 heterocycles. The first kappa shape index (κ1) is 14.6. The second-order valence-corrected chi connectivity index (χ2v) is 5.01. The molecule has 1 aliphatic rings. The van der Waals surface area contributed by atoms with Crippen molar-refractivity contribution in [3.8, 4) is 0 Å². The van der Waals surface area contributed by atoms with Crippen molar-refractivity contribution >= 4 is 17.5 Å². The number of aromatic nitrogens is 1. The van der Waals surface area contributed by atoms with Crippen LogP contribution in [0.25, 0.3) is 0 Å². The first-order valence-corrected chi connectivity index (χ1v) is 6.81. The zero-order chi connectivity index (χ0) is 14.5. The Balaban J connectivity index is 2.09. The van der Waals surface area contributed by atoms with Crippen molar-refractivity contribution in [1.82, 2.24) is 4.98 Å². The predicted molar refractivity (Wildman–Crippen MR) is 76.6 cm³/mol. The van der Waals surface area contributed by atoms with Crippen LogP contribution in [0.3, 0.4) is 0 Å². The van der Waals surface area contributed by atoms with Crippen molar-refractivity contribution in [3.63, 3.8) is 0 Å². The summed E-state index contributed by atoms with van der Waals surface area (Å²) in [5, 5.41) is 3.30. The lowest BCUT2D eigenvalue weighted by Crippen LogP contribution is -2.31. The Morgan fingerprint density at radius 2 is 2.20 bits per heavy atom. The molecule has 6 nitrogen and oxygen atoms in total. The fourth-order valence-corrected chi connectivity index (χ4v) is 2.35. The van der Waals surface area contributed by atoms with Gasteiger partial charge in [0, 0.05) is 19.3 Å². The maximum atomic E-state index is 11.5. The Morgan fingerprint density at radius 1 is 1.50 bits per heavy atom.